The Morgan fingerprint density at radius 3 is 2.86 bits per heavy atom. The van der Waals surface area contributed by atoms with Crippen LogP contribution in [0.25, 0.3) is 5.57 Å². The van der Waals surface area contributed by atoms with Gasteiger partial charge < -0.3 is 10.4 Å². The van der Waals surface area contributed by atoms with Gasteiger partial charge in [0, 0.05) is 6.20 Å². The molecule has 0 fully saturated rings. The largest absolute Gasteiger partial charge is 0.477 e. The van der Waals surface area contributed by atoms with Crippen LogP contribution in [0, 0.1) is 21.4 Å². The summed E-state index contributed by atoms with van der Waals surface area (Å²) in [4.78, 5) is 21.3. The normalized spacial score (nSPS) is 10.8. The van der Waals surface area contributed by atoms with Crippen LogP contribution in [0.2, 0.25) is 0 Å². The lowest BCUT2D eigenvalue weighted by atomic mass is 10.1. The molecule has 0 spiro atoms. The van der Waals surface area contributed by atoms with Crippen LogP contribution in [0.3, 0.4) is 0 Å². The van der Waals surface area contributed by atoms with Crippen molar-refractivity contribution in [1.29, 1.82) is 5.26 Å². The summed E-state index contributed by atoms with van der Waals surface area (Å²) in [7, 11) is 0. The van der Waals surface area contributed by atoms with E-state index in [2.05, 4.69) is 25.9 Å². The maximum Gasteiger partial charge on any atom is 0.342 e. The molecule has 2 aromatic rings. The Morgan fingerprint density at radius 1 is 1.55 bits per heavy atom. The third-order valence-corrected chi connectivity index (χ3v) is 2.53. The highest BCUT2D eigenvalue weighted by Gasteiger charge is 2.23. The molecular formula is C11H7N7O4. The van der Waals surface area contributed by atoms with Gasteiger partial charge in [-0.15, -0.1) is 10.2 Å². The number of tetrazole rings is 1. The van der Waals surface area contributed by atoms with Crippen LogP contribution in [-0.4, -0.2) is 36.6 Å². The lowest BCUT2D eigenvalue weighted by Gasteiger charge is -2.05. The van der Waals surface area contributed by atoms with Crippen molar-refractivity contribution < 1.29 is 14.8 Å². The van der Waals surface area contributed by atoms with Crippen LogP contribution >= 0.6 is 0 Å². The van der Waals surface area contributed by atoms with Gasteiger partial charge in [0.15, 0.2) is 0 Å². The number of carbonyl (C=O) groups is 1. The third kappa shape index (κ3) is 2.85. The number of nitriles is 1. The van der Waals surface area contributed by atoms with Gasteiger partial charge >= 0.3 is 11.7 Å². The van der Waals surface area contributed by atoms with E-state index >= 15 is 0 Å². The minimum absolute atomic E-state index is 0.00737. The predicted molar refractivity (Wildman–Crippen MR) is 71.4 cm³/mol. The molecule has 0 amide bonds. The molecule has 11 nitrogen and oxygen atoms in total. The second-order valence-corrected chi connectivity index (χ2v) is 3.81. The molecule has 0 aliphatic rings. The summed E-state index contributed by atoms with van der Waals surface area (Å²) >= 11 is 0. The number of nitro groups is 1. The number of carboxylic acids is 1. The first-order valence-electron chi connectivity index (χ1n) is 5.66. The molecule has 1 heterocycles. The molecule has 1 aromatic carbocycles. The second kappa shape index (κ2) is 6.09. The van der Waals surface area contributed by atoms with Crippen molar-refractivity contribution in [2.75, 3.05) is 5.32 Å². The number of hydrogen-bond donors (Lipinski definition) is 3. The number of aromatic nitrogens is 4. The van der Waals surface area contributed by atoms with Gasteiger partial charge in [0.1, 0.15) is 22.9 Å². The van der Waals surface area contributed by atoms with Gasteiger partial charge in [-0.3, -0.25) is 10.1 Å². The molecule has 0 unspecified atom stereocenters. The van der Waals surface area contributed by atoms with Crippen molar-refractivity contribution in [2.24, 2.45) is 0 Å². The first-order chi connectivity index (χ1) is 10.5. The molecule has 0 aliphatic carbocycles. The number of benzene rings is 1. The fraction of sp³-hybridized carbons (Fsp3) is 0. The van der Waals surface area contributed by atoms with E-state index in [0.29, 0.717) is 0 Å². The smallest absolute Gasteiger partial charge is 0.342 e. The van der Waals surface area contributed by atoms with Crippen LogP contribution in [0.4, 0.5) is 11.4 Å². The highest BCUT2D eigenvalue weighted by molar-refractivity contribution is 5.95. The van der Waals surface area contributed by atoms with Crippen molar-refractivity contribution >= 4 is 22.9 Å². The summed E-state index contributed by atoms with van der Waals surface area (Å²) in [6, 6.07) is 5.55. The summed E-state index contributed by atoms with van der Waals surface area (Å²) < 4.78 is 0. The second-order valence-electron chi connectivity index (χ2n) is 3.81. The Labute approximate surface area is 122 Å². The van der Waals surface area contributed by atoms with Crippen molar-refractivity contribution in [1.82, 2.24) is 20.6 Å². The molecule has 0 atom stereocenters. The van der Waals surface area contributed by atoms with E-state index in [1.54, 1.807) is 6.07 Å². The van der Waals surface area contributed by atoms with E-state index in [-0.39, 0.29) is 17.1 Å². The van der Waals surface area contributed by atoms with Gasteiger partial charge in [-0.1, -0.05) is 6.07 Å². The number of aromatic carboxylic acids is 1. The first-order valence-corrected chi connectivity index (χ1v) is 5.66. The number of nitro benzene ring substituents is 1. The fourth-order valence-electron chi connectivity index (χ4n) is 1.60. The summed E-state index contributed by atoms with van der Waals surface area (Å²) in [5.74, 6) is -1.44. The van der Waals surface area contributed by atoms with E-state index in [4.69, 9.17) is 10.4 Å². The Bertz CT molecular complexity index is 791. The first kappa shape index (κ1) is 14.6. The van der Waals surface area contributed by atoms with Gasteiger partial charge in [-0.25, -0.2) is 4.79 Å². The van der Waals surface area contributed by atoms with Crippen molar-refractivity contribution in [3.63, 3.8) is 0 Å². The zero-order valence-electron chi connectivity index (χ0n) is 10.7. The topological polar surface area (TPSA) is 171 Å². The molecule has 0 radical (unpaired) electrons. The van der Waals surface area contributed by atoms with Crippen LogP contribution in [-0.2, 0) is 0 Å². The van der Waals surface area contributed by atoms with Gasteiger partial charge in [0.25, 0.3) is 0 Å². The van der Waals surface area contributed by atoms with E-state index < -0.39 is 22.1 Å². The molecule has 1 aromatic heterocycles. The Kier molecular flexibility index (Phi) is 4.04. The molecule has 11 heteroatoms. The number of nitrogens with one attached hydrogen (secondary N) is 2. The van der Waals surface area contributed by atoms with Crippen molar-refractivity contribution in [3.05, 3.63) is 45.9 Å². The van der Waals surface area contributed by atoms with E-state index in [9.17, 15) is 14.9 Å². The predicted octanol–water partition coefficient (Wildman–Crippen LogP) is 0.783. The maximum absolute atomic E-state index is 11.1. The van der Waals surface area contributed by atoms with Gasteiger partial charge in [0.2, 0.25) is 5.82 Å². The number of rotatable bonds is 5. The quantitative estimate of drug-likeness (QED) is 0.410. The zero-order chi connectivity index (χ0) is 16.1. The number of anilines is 1. The average Bonchev–Trinajstić information content (AvgIpc) is 3.01. The highest BCUT2D eigenvalue weighted by atomic mass is 16.6. The minimum Gasteiger partial charge on any atom is -0.477 e. The molecule has 0 saturated carbocycles. The molecular weight excluding hydrogens is 294 g/mol. The maximum atomic E-state index is 11.1. The monoisotopic (exact) mass is 301 g/mol. The summed E-state index contributed by atoms with van der Waals surface area (Å²) in [5.41, 5.74) is -1.21. The zero-order valence-corrected chi connectivity index (χ0v) is 10.7. The van der Waals surface area contributed by atoms with Crippen LogP contribution < -0.4 is 5.32 Å². The average molecular weight is 301 g/mol. The van der Waals surface area contributed by atoms with Crippen molar-refractivity contribution in [3.8, 4) is 6.07 Å². The SMILES string of the molecule is N#CC(=CNc1cccc(C(=O)O)c1[N+](=O)[O-])c1nn[nH]n1. The fourth-order valence-corrected chi connectivity index (χ4v) is 1.60. The molecule has 2 rings (SSSR count). The number of H-pyrrole nitrogens is 1. The lowest BCUT2D eigenvalue weighted by molar-refractivity contribution is -0.384. The third-order valence-electron chi connectivity index (χ3n) is 2.53. The minimum atomic E-state index is -1.43. The number of para-hydroxylation sites is 1. The van der Waals surface area contributed by atoms with Gasteiger partial charge in [-0.05, 0) is 17.3 Å². The van der Waals surface area contributed by atoms with Crippen LogP contribution in [0.15, 0.2) is 24.4 Å². The summed E-state index contributed by atoms with van der Waals surface area (Å²) in [6.07, 6.45) is 1.12. The van der Waals surface area contributed by atoms with E-state index in [1.807, 2.05) is 0 Å². The Morgan fingerprint density at radius 2 is 2.32 bits per heavy atom. The Balaban J connectivity index is 2.42. The number of allylic oxidation sites excluding steroid dienone is 1. The number of aromatic amines is 1. The summed E-state index contributed by atoms with van der Waals surface area (Å²) in [6.45, 7) is 0. The number of hydrogen-bond acceptors (Lipinski definition) is 8. The van der Waals surface area contributed by atoms with E-state index in [1.165, 1.54) is 12.1 Å². The molecule has 110 valence electrons. The van der Waals surface area contributed by atoms with Crippen molar-refractivity contribution in [2.45, 2.75) is 0 Å². The van der Waals surface area contributed by atoms with Gasteiger partial charge in [0.05, 0.1) is 4.92 Å². The van der Waals surface area contributed by atoms with Gasteiger partial charge in [-0.2, -0.15) is 10.5 Å². The molecule has 0 bridgehead atoms. The highest BCUT2D eigenvalue weighted by Crippen LogP contribution is 2.29. The number of carboxylic acid groups (broad SMARTS) is 1. The molecule has 3 N–H and O–H groups in total. The summed E-state index contributed by atoms with van der Waals surface area (Å²) in [5, 5.41) is 44.2. The standard InChI is InChI=1S/C11H7N7O4/c12-4-6(10-14-16-17-15-10)5-13-8-3-1-2-7(11(19)20)9(8)18(21)22/h1-3,5,13H,(H,19,20)(H,14,15,16,17). The Hall–Kier alpha value is -3.81. The molecule has 22 heavy (non-hydrogen) atoms. The lowest BCUT2D eigenvalue weighted by Crippen LogP contribution is -2.05. The molecule has 0 aliphatic heterocycles. The number of nitrogens with zero attached hydrogens (tertiary/aromatic N) is 5. The van der Waals surface area contributed by atoms with E-state index in [0.717, 1.165) is 12.3 Å². The molecule has 0 saturated heterocycles. The van der Waals surface area contributed by atoms with Crippen LogP contribution in [0.5, 0.6) is 0 Å². The van der Waals surface area contributed by atoms with Crippen LogP contribution in [0.1, 0.15) is 16.2 Å².